The number of halogens is 2. The van der Waals surface area contributed by atoms with Crippen molar-refractivity contribution in [3.63, 3.8) is 0 Å². The van der Waals surface area contributed by atoms with Crippen LogP contribution in [0, 0.1) is 5.82 Å². The molecule has 4 N–H and O–H groups in total. The fourth-order valence-electron chi connectivity index (χ4n) is 3.89. The Labute approximate surface area is 213 Å². The van der Waals surface area contributed by atoms with Crippen LogP contribution in [0.5, 0.6) is 5.75 Å². The fraction of sp³-hybridized carbons (Fsp3) is 0.269. The molecule has 36 heavy (non-hydrogen) atoms. The van der Waals surface area contributed by atoms with Gasteiger partial charge in [-0.1, -0.05) is 11.6 Å². The number of aromatic nitrogens is 1. The molecular weight excluding hydrogens is 485 g/mol. The van der Waals surface area contributed by atoms with Gasteiger partial charge >= 0.3 is 0 Å². The number of hydrogen-bond acceptors (Lipinski definition) is 6. The van der Waals surface area contributed by atoms with E-state index in [1.807, 2.05) is 12.1 Å². The summed E-state index contributed by atoms with van der Waals surface area (Å²) in [6.07, 6.45) is 4.25. The average Bonchev–Trinajstić information content (AvgIpc) is 3.42. The normalized spacial score (nSPS) is 12.9. The van der Waals surface area contributed by atoms with Gasteiger partial charge in [0.1, 0.15) is 17.4 Å². The summed E-state index contributed by atoms with van der Waals surface area (Å²) in [4.78, 5) is 32.4. The predicted octanol–water partition coefficient (Wildman–Crippen LogP) is 4.71. The Bertz CT molecular complexity index is 1230. The Kier molecular flexibility index (Phi) is 8.35. The Morgan fingerprint density at radius 1 is 1.03 bits per heavy atom. The zero-order chi connectivity index (χ0) is 25.5. The lowest BCUT2D eigenvalue weighted by molar-refractivity contribution is 0.102. The van der Waals surface area contributed by atoms with Crippen LogP contribution >= 0.6 is 11.6 Å². The topological polar surface area (TPSA) is 110 Å². The van der Waals surface area contributed by atoms with Crippen LogP contribution in [0.25, 0.3) is 0 Å². The molecule has 1 aromatic heterocycles. The van der Waals surface area contributed by atoms with Gasteiger partial charge in [0.15, 0.2) is 0 Å². The minimum absolute atomic E-state index is 0.0561. The predicted molar refractivity (Wildman–Crippen MR) is 139 cm³/mol. The van der Waals surface area contributed by atoms with E-state index in [9.17, 15) is 14.0 Å². The van der Waals surface area contributed by atoms with Crippen molar-refractivity contribution in [2.24, 2.45) is 5.73 Å². The number of rotatable bonds is 9. The van der Waals surface area contributed by atoms with Crippen LogP contribution < -0.4 is 26.0 Å². The first kappa shape index (κ1) is 25.4. The summed E-state index contributed by atoms with van der Waals surface area (Å²) >= 11 is 5.83. The van der Waals surface area contributed by atoms with Gasteiger partial charge in [-0.05, 0) is 68.3 Å². The van der Waals surface area contributed by atoms with E-state index >= 15 is 0 Å². The van der Waals surface area contributed by atoms with Crippen molar-refractivity contribution in [1.82, 2.24) is 4.98 Å². The highest BCUT2D eigenvalue weighted by molar-refractivity contribution is 6.30. The molecule has 188 valence electrons. The van der Waals surface area contributed by atoms with E-state index in [-0.39, 0.29) is 17.1 Å². The molecule has 10 heteroatoms. The first-order chi connectivity index (χ1) is 17.4. The first-order valence-electron chi connectivity index (χ1n) is 11.7. The molecule has 1 aliphatic heterocycles. The number of amides is 2. The maximum absolute atomic E-state index is 14.0. The SMILES string of the molecule is NCCCOc1cc(N2CCCC2)ccc1C(=O)Nc1ccc(F)cc1C(=O)Nc1ccc(Cl)cn1. The van der Waals surface area contributed by atoms with Crippen LogP contribution in [-0.2, 0) is 0 Å². The summed E-state index contributed by atoms with van der Waals surface area (Å²) < 4.78 is 19.9. The number of nitrogens with zero attached hydrogens (tertiary/aromatic N) is 2. The summed E-state index contributed by atoms with van der Waals surface area (Å²) in [5.41, 5.74) is 6.95. The van der Waals surface area contributed by atoms with Gasteiger partial charge in [-0.25, -0.2) is 9.37 Å². The second-order valence-electron chi connectivity index (χ2n) is 8.33. The van der Waals surface area contributed by atoms with Crippen LogP contribution in [0.3, 0.4) is 0 Å². The van der Waals surface area contributed by atoms with E-state index in [0.29, 0.717) is 35.9 Å². The first-order valence-corrected chi connectivity index (χ1v) is 12.1. The fourth-order valence-corrected chi connectivity index (χ4v) is 4.00. The molecule has 0 spiro atoms. The third kappa shape index (κ3) is 6.30. The minimum Gasteiger partial charge on any atom is -0.493 e. The van der Waals surface area contributed by atoms with Gasteiger partial charge in [0, 0.05) is 31.0 Å². The molecule has 0 saturated carbocycles. The van der Waals surface area contributed by atoms with Gasteiger partial charge in [-0.2, -0.15) is 0 Å². The number of anilines is 3. The lowest BCUT2D eigenvalue weighted by atomic mass is 10.1. The molecule has 0 unspecified atom stereocenters. The van der Waals surface area contributed by atoms with Crippen molar-refractivity contribution < 1.29 is 18.7 Å². The summed E-state index contributed by atoms with van der Waals surface area (Å²) in [5, 5.41) is 5.71. The van der Waals surface area contributed by atoms with Crippen molar-refractivity contribution in [1.29, 1.82) is 0 Å². The van der Waals surface area contributed by atoms with E-state index in [1.165, 1.54) is 24.4 Å². The van der Waals surface area contributed by atoms with Gasteiger partial charge in [-0.15, -0.1) is 0 Å². The highest BCUT2D eigenvalue weighted by Gasteiger charge is 2.21. The smallest absolute Gasteiger partial charge is 0.259 e. The van der Waals surface area contributed by atoms with E-state index < -0.39 is 17.6 Å². The molecule has 4 rings (SSSR count). The van der Waals surface area contributed by atoms with Crippen molar-refractivity contribution in [2.45, 2.75) is 19.3 Å². The molecule has 2 amide bonds. The number of ether oxygens (including phenoxy) is 1. The molecule has 1 saturated heterocycles. The number of nitrogens with two attached hydrogens (primary N) is 1. The molecule has 2 heterocycles. The summed E-state index contributed by atoms with van der Waals surface area (Å²) in [6, 6.07) is 12.1. The molecule has 1 fully saturated rings. The highest BCUT2D eigenvalue weighted by Crippen LogP contribution is 2.30. The van der Waals surface area contributed by atoms with Crippen LogP contribution in [0.4, 0.5) is 21.6 Å². The second kappa shape index (κ2) is 11.8. The zero-order valence-corrected chi connectivity index (χ0v) is 20.4. The second-order valence-corrected chi connectivity index (χ2v) is 8.76. The summed E-state index contributed by atoms with van der Waals surface area (Å²) in [6.45, 7) is 2.72. The van der Waals surface area contributed by atoms with Crippen molar-refractivity contribution in [2.75, 3.05) is 41.8 Å². The monoisotopic (exact) mass is 511 g/mol. The molecular formula is C26H27ClFN5O3. The number of carbonyl (C=O) groups is 2. The lowest BCUT2D eigenvalue weighted by Gasteiger charge is -2.20. The van der Waals surface area contributed by atoms with Gasteiger partial charge in [0.25, 0.3) is 11.8 Å². The van der Waals surface area contributed by atoms with Crippen LogP contribution in [0.1, 0.15) is 40.0 Å². The highest BCUT2D eigenvalue weighted by atomic mass is 35.5. The molecule has 1 aliphatic rings. The maximum Gasteiger partial charge on any atom is 0.259 e. The Hall–Kier alpha value is -3.69. The quantitative estimate of drug-likeness (QED) is 0.359. The van der Waals surface area contributed by atoms with Crippen LogP contribution in [0.15, 0.2) is 54.7 Å². The van der Waals surface area contributed by atoms with Crippen LogP contribution in [-0.4, -0.2) is 43.0 Å². The Morgan fingerprint density at radius 3 is 2.53 bits per heavy atom. The third-order valence-electron chi connectivity index (χ3n) is 5.73. The standard InChI is InChI=1S/C26H27ClFN5O3/c27-17-4-9-24(30-16-17)32-26(35)21-14-18(28)5-8-22(21)31-25(34)20-7-6-19(33-11-1-2-12-33)15-23(20)36-13-3-10-29/h4-9,14-16H,1-3,10-13,29H2,(H,31,34)(H,30,32,35). The van der Waals surface area contributed by atoms with E-state index in [1.54, 1.807) is 12.1 Å². The van der Waals surface area contributed by atoms with E-state index in [0.717, 1.165) is 37.7 Å². The summed E-state index contributed by atoms with van der Waals surface area (Å²) in [7, 11) is 0. The maximum atomic E-state index is 14.0. The number of benzene rings is 2. The number of pyridine rings is 1. The Balaban J connectivity index is 1.58. The number of carbonyl (C=O) groups excluding carboxylic acids is 2. The summed E-state index contributed by atoms with van der Waals surface area (Å²) in [5.74, 6) is -1.09. The minimum atomic E-state index is -0.636. The molecule has 0 atom stereocenters. The van der Waals surface area contributed by atoms with Crippen LogP contribution in [0.2, 0.25) is 5.02 Å². The van der Waals surface area contributed by atoms with Crippen molar-refractivity contribution in [3.05, 3.63) is 76.7 Å². The lowest BCUT2D eigenvalue weighted by Crippen LogP contribution is -2.21. The van der Waals surface area contributed by atoms with E-state index in [2.05, 4.69) is 20.5 Å². The third-order valence-corrected chi connectivity index (χ3v) is 5.95. The van der Waals surface area contributed by atoms with Gasteiger partial charge in [0.05, 0.1) is 28.4 Å². The van der Waals surface area contributed by atoms with Gasteiger partial charge in [-0.3, -0.25) is 9.59 Å². The van der Waals surface area contributed by atoms with Gasteiger partial charge < -0.3 is 26.0 Å². The van der Waals surface area contributed by atoms with Crippen molar-refractivity contribution >= 4 is 40.6 Å². The van der Waals surface area contributed by atoms with Gasteiger partial charge in [0.2, 0.25) is 0 Å². The Morgan fingerprint density at radius 2 is 1.81 bits per heavy atom. The molecule has 3 aromatic rings. The van der Waals surface area contributed by atoms with E-state index in [4.69, 9.17) is 22.1 Å². The number of hydrogen-bond donors (Lipinski definition) is 3. The molecule has 0 aliphatic carbocycles. The molecule has 8 nitrogen and oxygen atoms in total. The number of nitrogens with one attached hydrogen (secondary N) is 2. The molecule has 0 radical (unpaired) electrons. The van der Waals surface area contributed by atoms with Crippen molar-refractivity contribution in [3.8, 4) is 5.75 Å². The zero-order valence-electron chi connectivity index (χ0n) is 19.6. The average molecular weight is 512 g/mol. The molecule has 0 bridgehead atoms. The molecule has 2 aromatic carbocycles. The largest absolute Gasteiger partial charge is 0.493 e.